The first-order valence-corrected chi connectivity index (χ1v) is 10.4. The molecule has 156 valence electrons. The van der Waals surface area contributed by atoms with Gasteiger partial charge in [0.1, 0.15) is 0 Å². The Kier molecular flexibility index (Phi) is 7.67. The number of benzene rings is 1. The summed E-state index contributed by atoms with van der Waals surface area (Å²) in [5.41, 5.74) is 0.591. The topological polar surface area (TPSA) is 76.6 Å². The summed E-state index contributed by atoms with van der Waals surface area (Å²) in [7, 11) is 0. The molecule has 0 saturated carbocycles. The number of aromatic nitrogens is 2. The molecule has 0 unspecified atom stereocenters. The van der Waals surface area contributed by atoms with E-state index >= 15 is 0 Å². The number of carbonyl (C=O) groups is 1. The van der Waals surface area contributed by atoms with Gasteiger partial charge in [0.2, 0.25) is 5.95 Å². The molecular formula is C22H30N4O3. The van der Waals surface area contributed by atoms with Gasteiger partial charge in [-0.3, -0.25) is 4.79 Å². The Morgan fingerprint density at radius 1 is 1.07 bits per heavy atom. The zero-order valence-electron chi connectivity index (χ0n) is 17.3. The van der Waals surface area contributed by atoms with E-state index in [1.807, 2.05) is 12.1 Å². The molecule has 0 radical (unpaired) electrons. The number of hydrogen-bond acceptors (Lipinski definition) is 6. The lowest BCUT2D eigenvalue weighted by Crippen LogP contribution is -2.45. The van der Waals surface area contributed by atoms with Gasteiger partial charge in [-0.05, 0) is 49.9 Å². The van der Waals surface area contributed by atoms with Crippen molar-refractivity contribution in [1.82, 2.24) is 15.3 Å². The van der Waals surface area contributed by atoms with Crippen molar-refractivity contribution in [2.24, 2.45) is 0 Å². The van der Waals surface area contributed by atoms with E-state index < -0.39 is 0 Å². The van der Waals surface area contributed by atoms with Crippen LogP contribution in [0.15, 0.2) is 36.7 Å². The van der Waals surface area contributed by atoms with Gasteiger partial charge in [-0.2, -0.15) is 0 Å². The standard InChI is InChI=1S/C22H30N4O3/c1-3-14-28-19-7-6-17(16-20(19)29-15-4-2)21(27)25-18-8-12-26(13-9-18)22-23-10-5-11-24-22/h5-7,10-11,16,18H,3-4,8-9,12-15H2,1-2H3,(H,25,27). The summed E-state index contributed by atoms with van der Waals surface area (Å²) < 4.78 is 11.5. The second-order valence-electron chi connectivity index (χ2n) is 7.14. The smallest absolute Gasteiger partial charge is 0.251 e. The highest BCUT2D eigenvalue weighted by Gasteiger charge is 2.23. The molecule has 7 nitrogen and oxygen atoms in total. The number of ether oxygens (including phenoxy) is 2. The molecule has 1 aliphatic heterocycles. The lowest BCUT2D eigenvalue weighted by Gasteiger charge is -2.32. The number of piperidine rings is 1. The number of nitrogens with zero attached hydrogens (tertiary/aromatic N) is 3. The predicted molar refractivity (Wildman–Crippen MR) is 113 cm³/mol. The fraction of sp³-hybridized carbons (Fsp3) is 0.500. The molecule has 0 atom stereocenters. The van der Waals surface area contributed by atoms with Crippen LogP contribution < -0.4 is 19.7 Å². The highest BCUT2D eigenvalue weighted by Crippen LogP contribution is 2.29. The zero-order valence-corrected chi connectivity index (χ0v) is 17.3. The van der Waals surface area contributed by atoms with Gasteiger partial charge >= 0.3 is 0 Å². The Balaban J connectivity index is 1.58. The Labute approximate surface area is 172 Å². The molecular weight excluding hydrogens is 368 g/mol. The molecule has 1 aromatic carbocycles. The predicted octanol–water partition coefficient (Wildman–Crippen LogP) is 3.45. The molecule has 1 amide bonds. The lowest BCUT2D eigenvalue weighted by atomic mass is 10.0. The molecule has 0 bridgehead atoms. The molecule has 0 aliphatic carbocycles. The van der Waals surface area contributed by atoms with Crippen LogP contribution in [0, 0.1) is 0 Å². The summed E-state index contributed by atoms with van der Waals surface area (Å²) in [4.78, 5) is 23.5. The van der Waals surface area contributed by atoms with Crippen molar-refractivity contribution in [1.29, 1.82) is 0 Å². The van der Waals surface area contributed by atoms with E-state index in [1.54, 1.807) is 24.5 Å². The van der Waals surface area contributed by atoms with Crippen LogP contribution in [0.2, 0.25) is 0 Å². The van der Waals surface area contributed by atoms with E-state index in [2.05, 4.69) is 34.0 Å². The van der Waals surface area contributed by atoms with Crippen LogP contribution in [-0.2, 0) is 0 Å². The molecule has 7 heteroatoms. The Morgan fingerprint density at radius 3 is 2.38 bits per heavy atom. The summed E-state index contributed by atoms with van der Waals surface area (Å²) in [5, 5.41) is 3.15. The monoisotopic (exact) mass is 398 g/mol. The fourth-order valence-corrected chi connectivity index (χ4v) is 3.25. The molecule has 1 N–H and O–H groups in total. The van der Waals surface area contributed by atoms with Crippen molar-refractivity contribution in [3.63, 3.8) is 0 Å². The van der Waals surface area contributed by atoms with Crippen molar-refractivity contribution < 1.29 is 14.3 Å². The van der Waals surface area contributed by atoms with Crippen LogP contribution in [-0.4, -0.2) is 48.2 Å². The molecule has 1 aromatic heterocycles. The minimum atomic E-state index is -0.0807. The van der Waals surface area contributed by atoms with Gasteiger partial charge in [0.15, 0.2) is 11.5 Å². The second kappa shape index (κ2) is 10.6. The van der Waals surface area contributed by atoms with Crippen molar-refractivity contribution in [3.05, 3.63) is 42.2 Å². The number of nitrogens with one attached hydrogen (secondary N) is 1. The SMILES string of the molecule is CCCOc1ccc(C(=O)NC2CCN(c3ncccn3)CC2)cc1OCCC. The van der Waals surface area contributed by atoms with Gasteiger partial charge in [0.05, 0.1) is 13.2 Å². The lowest BCUT2D eigenvalue weighted by molar-refractivity contribution is 0.0930. The first-order valence-electron chi connectivity index (χ1n) is 10.4. The van der Waals surface area contributed by atoms with Crippen LogP contribution in [0.3, 0.4) is 0 Å². The van der Waals surface area contributed by atoms with Crippen LogP contribution in [0.1, 0.15) is 49.9 Å². The molecule has 0 spiro atoms. The maximum atomic E-state index is 12.8. The molecule has 1 aliphatic rings. The number of amides is 1. The van der Waals surface area contributed by atoms with E-state index in [0.717, 1.165) is 44.7 Å². The average molecular weight is 399 g/mol. The van der Waals surface area contributed by atoms with Crippen molar-refractivity contribution in [2.45, 2.75) is 45.6 Å². The van der Waals surface area contributed by atoms with Gasteiger partial charge in [-0.1, -0.05) is 13.8 Å². The van der Waals surface area contributed by atoms with Gasteiger partial charge in [0.25, 0.3) is 5.91 Å². The number of carbonyl (C=O) groups excluding carboxylic acids is 1. The first-order chi connectivity index (χ1) is 14.2. The molecule has 3 rings (SSSR count). The van der Waals surface area contributed by atoms with Gasteiger partial charge in [-0.15, -0.1) is 0 Å². The molecule has 2 heterocycles. The summed E-state index contributed by atoms with van der Waals surface area (Å²) in [5.74, 6) is 1.98. The van der Waals surface area contributed by atoms with E-state index in [-0.39, 0.29) is 11.9 Å². The van der Waals surface area contributed by atoms with Crippen LogP contribution in [0.25, 0.3) is 0 Å². The van der Waals surface area contributed by atoms with E-state index in [1.165, 1.54) is 0 Å². The number of hydrogen-bond donors (Lipinski definition) is 1. The minimum absolute atomic E-state index is 0.0807. The van der Waals surface area contributed by atoms with Crippen LogP contribution in [0.4, 0.5) is 5.95 Å². The van der Waals surface area contributed by atoms with Crippen molar-refractivity contribution >= 4 is 11.9 Å². The molecule has 2 aromatic rings. The minimum Gasteiger partial charge on any atom is -0.490 e. The Bertz CT molecular complexity index is 777. The fourth-order valence-electron chi connectivity index (χ4n) is 3.25. The summed E-state index contributed by atoms with van der Waals surface area (Å²) in [6.45, 7) is 6.97. The largest absolute Gasteiger partial charge is 0.490 e. The normalized spacial score (nSPS) is 14.5. The van der Waals surface area contributed by atoms with Gasteiger partial charge in [-0.25, -0.2) is 9.97 Å². The van der Waals surface area contributed by atoms with Gasteiger partial charge in [0, 0.05) is 37.1 Å². The average Bonchev–Trinajstić information content (AvgIpc) is 2.77. The Morgan fingerprint density at radius 2 is 1.72 bits per heavy atom. The third-order valence-corrected chi connectivity index (χ3v) is 4.79. The summed E-state index contributed by atoms with van der Waals surface area (Å²) >= 11 is 0. The Hall–Kier alpha value is -2.83. The third-order valence-electron chi connectivity index (χ3n) is 4.79. The maximum absolute atomic E-state index is 12.8. The summed E-state index contributed by atoms with van der Waals surface area (Å²) in [6, 6.07) is 7.35. The highest BCUT2D eigenvalue weighted by atomic mass is 16.5. The number of anilines is 1. The van der Waals surface area contributed by atoms with Crippen molar-refractivity contribution in [2.75, 3.05) is 31.2 Å². The molecule has 29 heavy (non-hydrogen) atoms. The van der Waals surface area contributed by atoms with Crippen LogP contribution >= 0.6 is 0 Å². The van der Waals surface area contributed by atoms with E-state index in [4.69, 9.17) is 9.47 Å². The first kappa shape index (κ1) is 20.9. The third kappa shape index (κ3) is 5.82. The molecule has 1 saturated heterocycles. The van der Waals surface area contributed by atoms with Gasteiger partial charge < -0.3 is 19.7 Å². The van der Waals surface area contributed by atoms with E-state index in [0.29, 0.717) is 30.3 Å². The van der Waals surface area contributed by atoms with Crippen LogP contribution in [0.5, 0.6) is 11.5 Å². The van der Waals surface area contributed by atoms with Crippen molar-refractivity contribution in [3.8, 4) is 11.5 Å². The quantitative estimate of drug-likeness (QED) is 0.697. The molecule has 1 fully saturated rings. The number of rotatable bonds is 9. The highest BCUT2D eigenvalue weighted by molar-refractivity contribution is 5.95. The van der Waals surface area contributed by atoms with E-state index in [9.17, 15) is 4.79 Å². The maximum Gasteiger partial charge on any atom is 0.251 e. The summed E-state index contributed by atoms with van der Waals surface area (Å²) in [6.07, 6.45) is 7.04. The second-order valence-corrected chi connectivity index (χ2v) is 7.14. The zero-order chi connectivity index (χ0) is 20.5.